The number of rotatable bonds is 3. The zero-order chi connectivity index (χ0) is 11.7. The van der Waals surface area contributed by atoms with E-state index in [1.165, 1.54) is 0 Å². The predicted octanol–water partition coefficient (Wildman–Crippen LogP) is -0.654. The van der Waals surface area contributed by atoms with Gasteiger partial charge >= 0.3 is 0 Å². The summed E-state index contributed by atoms with van der Waals surface area (Å²) in [5.41, 5.74) is 12.1. The number of nitrogens with zero attached hydrogens (tertiary/aromatic N) is 4. The average molecular weight is 220 g/mol. The smallest absolute Gasteiger partial charge is 0.271 e. The monoisotopic (exact) mass is 220 g/mol. The van der Waals surface area contributed by atoms with Gasteiger partial charge in [0.25, 0.3) is 5.91 Å². The minimum atomic E-state index is -0.623. The maximum Gasteiger partial charge on any atom is 0.271 e. The van der Waals surface area contributed by atoms with E-state index in [0.717, 1.165) is 5.56 Å². The van der Waals surface area contributed by atoms with Crippen molar-refractivity contribution < 1.29 is 4.79 Å². The third-order valence-corrected chi connectivity index (χ3v) is 2.13. The second-order valence-corrected chi connectivity index (χ2v) is 3.52. The molecule has 0 bridgehead atoms. The van der Waals surface area contributed by atoms with E-state index < -0.39 is 5.91 Å². The molecule has 0 fully saturated rings. The summed E-state index contributed by atoms with van der Waals surface area (Å²) in [5.74, 6) is -0.623. The van der Waals surface area contributed by atoms with Crippen LogP contribution in [-0.4, -0.2) is 25.5 Å². The lowest BCUT2D eigenvalue weighted by molar-refractivity contribution is 0.0995. The third kappa shape index (κ3) is 1.88. The quantitative estimate of drug-likeness (QED) is 0.716. The Bertz CT molecular complexity index is 526. The highest BCUT2D eigenvalue weighted by Crippen LogP contribution is 2.09. The van der Waals surface area contributed by atoms with E-state index in [9.17, 15) is 4.79 Å². The number of aromatic nitrogens is 4. The number of primary amides is 1. The fourth-order valence-corrected chi connectivity index (χ4v) is 1.45. The van der Waals surface area contributed by atoms with Crippen LogP contribution in [0.2, 0.25) is 0 Å². The molecule has 0 aliphatic carbocycles. The van der Waals surface area contributed by atoms with E-state index in [0.29, 0.717) is 6.54 Å². The predicted molar refractivity (Wildman–Crippen MR) is 57.5 cm³/mol. The molecule has 84 valence electrons. The molecule has 0 aliphatic heterocycles. The van der Waals surface area contributed by atoms with Gasteiger partial charge in [-0.3, -0.25) is 14.2 Å². The highest BCUT2D eigenvalue weighted by atomic mass is 16.1. The molecule has 0 saturated heterocycles. The minimum Gasteiger partial charge on any atom is -0.396 e. The molecule has 0 unspecified atom stereocenters. The van der Waals surface area contributed by atoms with Gasteiger partial charge < -0.3 is 11.5 Å². The summed E-state index contributed by atoms with van der Waals surface area (Å²) in [6, 6.07) is 0. The lowest BCUT2D eigenvalue weighted by Gasteiger charge is -1.96. The maximum atomic E-state index is 10.9. The van der Waals surface area contributed by atoms with Gasteiger partial charge in [0.05, 0.1) is 18.4 Å². The number of carbonyl (C=O) groups excluding carboxylic acids is 1. The molecule has 0 atom stereocenters. The molecule has 0 saturated carbocycles. The summed E-state index contributed by atoms with van der Waals surface area (Å²) >= 11 is 0. The summed E-state index contributed by atoms with van der Waals surface area (Å²) < 4.78 is 3.25. The number of anilines is 1. The van der Waals surface area contributed by atoms with Crippen molar-refractivity contribution in [2.24, 2.45) is 12.8 Å². The molecular formula is C9H12N6O. The summed E-state index contributed by atoms with van der Waals surface area (Å²) in [6.45, 7) is 0.505. The summed E-state index contributed by atoms with van der Waals surface area (Å²) in [7, 11) is 1.83. The molecule has 7 heteroatoms. The van der Waals surface area contributed by atoms with Gasteiger partial charge in [0.15, 0.2) is 5.69 Å². The van der Waals surface area contributed by atoms with Crippen molar-refractivity contribution >= 4 is 11.6 Å². The first-order valence-corrected chi connectivity index (χ1v) is 4.66. The topological polar surface area (TPSA) is 105 Å². The van der Waals surface area contributed by atoms with Crippen LogP contribution in [0.3, 0.4) is 0 Å². The lowest BCUT2D eigenvalue weighted by atomic mass is 10.3. The zero-order valence-electron chi connectivity index (χ0n) is 8.79. The van der Waals surface area contributed by atoms with Crippen molar-refractivity contribution in [3.05, 3.63) is 29.8 Å². The number of nitrogens with two attached hydrogens (primary N) is 2. The highest BCUT2D eigenvalue weighted by Gasteiger charge is 2.11. The maximum absolute atomic E-state index is 10.9. The number of amides is 1. The Labute approximate surface area is 91.6 Å². The molecule has 0 radical (unpaired) electrons. The van der Waals surface area contributed by atoms with Crippen LogP contribution in [-0.2, 0) is 13.6 Å². The van der Waals surface area contributed by atoms with Crippen molar-refractivity contribution in [3.63, 3.8) is 0 Å². The van der Waals surface area contributed by atoms with Crippen LogP contribution in [0.4, 0.5) is 5.69 Å². The van der Waals surface area contributed by atoms with Crippen LogP contribution in [0.5, 0.6) is 0 Å². The molecule has 4 N–H and O–H groups in total. The molecule has 0 aromatic carbocycles. The Morgan fingerprint density at radius 1 is 1.50 bits per heavy atom. The van der Waals surface area contributed by atoms with E-state index in [1.54, 1.807) is 21.8 Å². The largest absolute Gasteiger partial charge is 0.396 e. The SMILES string of the molecule is Cn1cc(Cn2cc(N)c(C(N)=O)n2)cn1. The number of nitrogen functional groups attached to an aromatic ring is 1. The average Bonchev–Trinajstić information content (AvgIpc) is 2.73. The van der Waals surface area contributed by atoms with Gasteiger partial charge in [0.1, 0.15) is 0 Å². The standard InChI is InChI=1S/C9H12N6O/c1-14-3-6(2-12-14)4-15-5-7(10)8(13-15)9(11)16/h2-3,5H,4,10H2,1H3,(H2,11,16). The summed E-state index contributed by atoms with van der Waals surface area (Å²) in [5, 5.41) is 8.02. The Hall–Kier alpha value is -2.31. The van der Waals surface area contributed by atoms with Crippen LogP contribution >= 0.6 is 0 Å². The number of aryl methyl sites for hydroxylation is 1. The highest BCUT2D eigenvalue weighted by molar-refractivity contribution is 5.95. The molecule has 16 heavy (non-hydrogen) atoms. The van der Waals surface area contributed by atoms with E-state index in [2.05, 4.69) is 10.2 Å². The second kappa shape index (κ2) is 3.69. The van der Waals surface area contributed by atoms with E-state index in [4.69, 9.17) is 11.5 Å². The van der Waals surface area contributed by atoms with Crippen molar-refractivity contribution in [2.75, 3.05) is 5.73 Å². The van der Waals surface area contributed by atoms with Gasteiger partial charge in [-0.15, -0.1) is 0 Å². The van der Waals surface area contributed by atoms with E-state index in [1.807, 2.05) is 13.2 Å². The van der Waals surface area contributed by atoms with Gasteiger partial charge in [0.2, 0.25) is 0 Å². The fraction of sp³-hybridized carbons (Fsp3) is 0.222. The molecular weight excluding hydrogens is 208 g/mol. The first kappa shape index (κ1) is 10.2. The Balaban J connectivity index is 2.22. The molecule has 7 nitrogen and oxygen atoms in total. The zero-order valence-corrected chi connectivity index (χ0v) is 8.79. The van der Waals surface area contributed by atoms with Gasteiger partial charge in [-0.2, -0.15) is 10.2 Å². The number of hydrogen-bond acceptors (Lipinski definition) is 4. The van der Waals surface area contributed by atoms with Crippen molar-refractivity contribution in [1.82, 2.24) is 19.6 Å². The lowest BCUT2D eigenvalue weighted by Crippen LogP contribution is -2.14. The fourth-order valence-electron chi connectivity index (χ4n) is 1.45. The van der Waals surface area contributed by atoms with Crippen LogP contribution in [0, 0.1) is 0 Å². The molecule has 2 heterocycles. The van der Waals surface area contributed by atoms with E-state index >= 15 is 0 Å². The summed E-state index contributed by atoms with van der Waals surface area (Å²) in [6.07, 6.45) is 5.16. The van der Waals surface area contributed by atoms with Crippen LogP contribution < -0.4 is 11.5 Å². The number of hydrogen-bond donors (Lipinski definition) is 2. The Morgan fingerprint density at radius 3 is 2.75 bits per heavy atom. The van der Waals surface area contributed by atoms with Gasteiger partial charge in [-0.1, -0.05) is 0 Å². The first-order chi connectivity index (χ1) is 7.56. The van der Waals surface area contributed by atoms with Gasteiger partial charge in [0, 0.05) is 25.0 Å². The molecule has 2 rings (SSSR count). The van der Waals surface area contributed by atoms with Crippen molar-refractivity contribution in [3.8, 4) is 0 Å². The van der Waals surface area contributed by atoms with Crippen LogP contribution in [0.1, 0.15) is 16.1 Å². The molecule has 0 spiro atoms. The Morgan fingerprint density at radius 2 is 2.25 bits per heavy atom. The van der Waals surface area contributed by atoms with Crippen LogP contribution in [0.15, 0.2) is 18.6 Å². The second-order valence-electron chi connectivity index (χ2n) is 3.52. The minimum absolute atomic E-state index is 0.101. The summed E-state index contributed by atoms with van der Waals surface area (Å²) in [4.78, 5) is 10.9. The molecule has 2 aromatic heterocycles. The van der Waals surface area contributed by atoms with Crippen molar-refractivity contribution in [1.29, 1.82) is 0 Å². The molecule has 0 aliphatic rings. The number of carbonyl (C=O) groups is 1. The van der Waals surface area contributed by atoms with Crippen LogP contribution in [0.25, 0.3) is 0 Å². The first-order valence-electron chi connectivity index (χ1n) is 4.66. The Kier molecular flexibility index (Phi) is 2.35. The van der Waals surface area contributed by atoms with Gasteiger partial charge in [-0.25, -0.2) is 0 Å². The molecule has 2 aromatic rings. The van der Waals surface area contributed by atoms with Gasteiger partial charge in [-0.05, 0) is 0 Å². The molecule has 1 amide bonds. The normalized spacial score (nSPS) is 10.6. The van der Waals surface area contributed by atoms with E-state index in [-0.39, 0.29) is 11.4 Å². The van der Waals surface area contributed by atoms with Crippen molar-refractivity contribution in [2.45, 2.75) is 6.54 Å². The third-order valence-electron chi connectivity index (χ3n) is 2.13.